The van der Waals surface area contributed by atoms with E-state index < -0.39 is 203 Å². The number of rotatable bonds is 8. The van der Waals surface area contributed by atoms with Gasteiger partial charge in [-0.25, -0.2) is 4.79 Å². The molecule has 4 nitrogen and oxygen atoms in total. The number of ketones is 1. The predicted molar refractivity (Wildman–Crippen MR) is 242 cm³/mol. The maximum Gasteiger partial charge on any atom is 0.416 e. The lowest BCUT2D eigenvalue weighted by molar-refractivity contribution is -0.685. The molecule has 0 saturated heterocycles. The van der Waals surface area contributed by atoms with Crippen molar-refractivity contribution in [2.45, 2.75) is 58.3 Å². The average molecular weight is 1360 g/mol. The minimum Gasteiger partial charge on any atom is -0.419 e. The monoisotopic (exact) mass is 1350 g/mol. The Hall–Kier alpha value is -5.79. The van der Waals surface area contributed by atoms with Gasteiger partial charge in [0, 0.05) is 17.7 Å². The van der Waals surface area contributed by atoms with Gasteiger partial charge in [0.15, 0.2) is 6.20 Å². The molecule has 0 N–H and O–H groups in total. The smallest absolute Gasteiger partial charge is 0.416 e. The summed E-state index contributed by atoms with van der Waals surface area (Å²) in [7, 11) is 0. The fourth-order valence-corrected chi connectivity index (χ4v) is 8.34. The van der Waals surface area contributed by atoms with Gasteiger partial charge >= 0.3 is 55.4 Å². The second-order valence-electron chi connectivity index (χ2n) is 16.6. The molecule has 426 valence electrons. The van der Waals surface area contributed by atoms with Crippen LogP contribution < -0.4 is 26.4 Å². The number of hydrogen-bond acceptors (Lipinski definition) is 3. The quantitative estimate of drug-likeness (QED) is 0.0381. The van der Waals surface area contributed by atoms with E-state index in [0.717, 1.165) is 0 Å². The Kier molecular flexibility index (Phi) is 18.1. The van der Waals surface area contributed by atoms with Crippen molar-refractivity contribution < 1.29 is 124 Å². The van der Waals surface area contributed by atoms with E-state index in [-0.39, 0.29) is 18.0 Å². The summed E-state index contributed by atoms with van der Waals surface area (Å²) in [5.74, 6) is -0.666. The summed E-state index contributed by atoms with van der Waals surface area (Å²) >= 11 is 9.31. The lowest BCUT2D eigenvalue weighted by atomic mass is 9.12. The number of ether oxygens (including phenoxy) is 1. The number of benzene rings is 5. The van der Waals surface area contributed by atoms with Crippen LogP contribution in [0.1, 0.15) is 65.4 Å². The van der Waals surface area contributed by atoms with Crippen molar-refractivity contribution in [2.75, 3.05) is 0 Å². The van der Waals surface area contributed by atoms with E-state index in [2.05, 4.69) is 47.8 Å². The number of carbonyl (C=O) groups is 2. The third-order valence-electron chi connectivity index (χ3n) is 11.2. The lowest BCUT2D eigenvalue weighted by Crippen LogP contribution is -2.75. The number of esters is 1. The molecule has 32 heteroatoms. The summed E-state index contributed by atoms with van der Waals surface area (Å²) in [5.41, 5.74) is -29.3. The van der Waals surface area contributed by atoms with E-state index in [0.29, 0.717) is 5.56 Å². The summed E-state index contributed by atoms with van der Waals surface area (Å²) < 4.78 is 346. The fraction of sp³-hybridized carbons (Fsp3) is 0.213. The molecule has 5 aromatic carbocycles. The van der Waals surface area contributed by atoms with Gasteiger partial charge in [0.05, 0.1) is 44.5 Å². The Morgan fingerprint density at radius 3 is 0.873 bits per heavy atom. The molecular formula is C47H23BBr3F24NO3. The molecule has 0 unspecified atom stereocenters. The molecule has 1 heterocycles. The molecule has 0 spiro atoms. The molecule has 0 fully saturated rings. The van der Waals surface area contributed by atoms with Crippen molar-refractivity contribution in [1.29, 1.82) is 0 Å². The van der Waals surface area contributed by atoms with Crippen LogP contribution in [-0.2, 0) is 60.7 Å². The van der Waals surface area contributed by atoms with Gasteiger partial charge < -0.3 is 4.74 Å². The first-order chi connectivity index (χ1) is 35.6. The zero-order valence-corrected chi connectivity index (χ0v) is 42.5. The van der Waals surface area contributed by atoms with E-state index in [1.165, 1.54) is 0 Å². The highest BCUT2D eigenvalue weighted by atomic mass is 80.0. The predicted octanol–water partition coefficient (Wildman–Crippen LogP) is 15.0. The van der Waals surface area contributed by atoms with Crippen molar-refractivity contribution in [3.63, 3.8) is 0 Å². The highest BCUT2D eigenvalue weighted by molar-refractivity contribution is 9.39. The van der Waals surface area contributed by atoms with Crippen LogP contribution in [0.15, 0.2) is 128 Å². The second-order valence-corrected chi connectivity index (χ2v) is 23.1. The number of Topliss-reactive ketones (excluding diaryl/α,β-unsaturated/α-hetero) is 1. The Balaban J connectivity index is 0.000000433. The number of pyridine rings is 1. The summed E-state index contributed by atoms with van der Waals surface area (Å²) in [5, 5.41) is 0. The topological polar surface area (TPSA) is 47.2 Å². The van der Waals surface area contributed by atoms with Gasteiger partial charge in [-0.2, -0.15) is 132 Å². The van der Waals surface area contributed by atoms with Gasteiger partial charge in [0.2, 0.25) is 12.3 Å². The van der Waals surface area contributed by atoms with Crippen LogP contribution in [0, 0.1) is 0 Å². The molecule has 6 aromatic rings. The van der Waals surface area contributed by atoms with Crippen molar-refractivity contribution in [3.8, 4) is 0 Å². The SMILES string of the molecule is FC(F)(F)c1cc([B-](c2cc(C(F)(F)F)cc(C(F)(F)F)c2)(c2cc(C(F)(F)F)cc(C(F)(F)F)c2)c2cc(C(F)(F)F)cc(C(F)(F)F)c2)cc(C(F)(F)F)c1.O=C(C[n+]1ccccc1C(=O)OC(Br)(Br)Br)c1ccccc1. The zero-order valence-electron chi connectivity index (χ0n) is 37.8. The Bertz CT molecular complexity index is 2770. The minimum absolute atomic E-state index is 0.0507. The lowest BCUT2D eigenvalue weighted by Gasteiger charge is -2.46. The highest BCUT2D eigenvalue weighted by Crippen LogP contribution is 2.42. The number of halogens is 27. The Morgan fingerprint density at radius 1 is 0.380 bits per heavy atom. The molecule has 0 bridgehead atoms. The number of hydrogen-bond donors (Lipinski definition) is 0. The van der Waals surface area contributed by atoms with E-state index >= 15 is 0 Å². The van der Waals surface area contributed by atoms with Gasteiger partial charge in [-0.3, -0.25) is 4.79 Å². The second kappa shape index (κ2) is 22.3. The molecule has 79 heavy (non-hydrogen) atoms. The van der Waals surface area contributed by atoms with Crippen molar-refractivity contribution in [3.05, 3.63) is 183 Å². The van der Waals surface area contributed by atoms with E-state index in [9.17, 15) is 115 Å². The summed E-state index contributed by atoms with van der Waals surface area (Å²) in [6.45, 7) is 0.0507. The van der Waals surface area contributed by atoms with Crippen molar-refractivity contribution >= 4 is 87.5 Å². The highest BCUT2D eigenvalue weighted by Gasteiger charge is 2.47. The van der Waals surface area contributed by atoms with Gasteiger partial charge in [0.25, 0.3) is 8.02 Å². The fourth-order valence-electron chi connectivity index (χ4n) is 7.90. The standard InChI is InChI=1S/C32H12BF24.C15H11Br3NO3/c34-25(35,36)13-1-14(26(37,38)39)6-21(5-13)33(22-7-15(27(40,41)42)2-16(8-22)28(43,44)45,23-9-17(29(46,47)48)3-18(10-23)30(49,50)51)24-11-19(31(52,53)54)4-20(12-24)32(55,56)57;16-15(17,18)22-14(21)12-8-4-5-9-19(12)10-13(20)11-6-2-1-3-7-11/h1-12H;1-9H,10H2/q-1;+1. The van der Waals surface area contributed by atoms with E-state index in [4.69, 9.17) is 4.74 Å². The molecule has 6 rings (SSSR count). The molecule has 0 amide bonds. The maximum absolute atomic E-state index is 14.2. The van der Waals surface area contributed by atoms with E-state index in [1.807, 2.05) is 6.07 Å². The van der Waals surface area contributed by atoms with Crippen molar-refractivity contribution in [1.82, 2.24) is 0 Å². The van der Waals surface area contributed by atoms with Crippen LogP contribution in [0.5, 0.6) is 0 Å². The third-order valence-corrected chi connectivity index (χ3v) is 11.7. The largest absolute Gasteiger partial charge is 0.419 e. The molecule has 1 aromatic heterocycles. The third kappa shape index (κ3) is 15.8. The number of alkyl halides is 27. The van der Waals surface area contributed by atoms with E-state index in [1.54, 1.807) is 53.2 Å². The zero-order chi connectivity index (χ0) is 60.1. The normalized spacial score (nSPS) is 13.4. The number of nitrogens with zero attached hydrogens (tertiary/aromatic N) is 1. The van der Waals surface area contributed by atoms with Gasteiger partial charge in [-0.15, -0.1) is 0 Å². The first kappa shape index (κ1) is 64.0. The summed E-state index contributed by atoms with van der Waals surface area (Å²) in [6.07, 6.45) is -53.1. The molecule has 0 saturated carbocycles. The Morgan fingerprint density at radius 2 is 0.633 bits per heavy atom. The number of carbonyl (C=O) groups excluding carboxylic acids is 2. The van der Waals surface area contributed by atoms with Crippen LogP contribution >= 0.6 is 47.8 Å². The Labute approximate surface area is 451 Å². The van der Waals surface area contributed by atoms with Gasteiger partial charge in [-0.1, -0.05) is 78.9 Å². The molecule has 0 atom stereocenters. The summed E-state index contributed by atoms with van der Waals surface area (Å²) in [4.78, 5) is 24.4. The molecule has 0 aliphatic rings. The van der Waals surface area contributed by atoms with Crippen LogP contribution in [-0.4, -0.2) is 20.2 Å². The maximum atomic E-state index is 14.2. The van der Waals surface area contributed by atoms with Gasteiger partial charge in [-0.05, 0) is 78.1 Å². The van der Waals surface area contributed by atoms with Gasteiger partial charge in [0.1, 0.15) is 6.15 Å². The molecule has 0 radical (unpaired) electrons. The molecule has 0 aliphatic carbocycles. The first-order valence-electron chi connectivity index (χ1n) is 20.9. The summed E-state index contributed by atoms with van der Waals surface area (Å²) in [6, 6.07) is 5.16. The van der Waals surface area contributed by atoms with Crippen LogP contribution in [0.2, 0.25) is 0 Å². The average Bonchev–Trinajstić information content (AvgIpc) is 3.29. The molecular weight excluding hydrogens is 1330 g/mol. The number of aromatic nitrogens is 1. The first-order valence-corrected chi connectivity index (χ1v) is 23.2. The van der Waals surface area contributed by atoms with Crippen LogP contribution in [0.4, 0.5) is 105 Å². The minimum atomic E-state index is -6.13. The van der Waals surface area contributed by atoms with Crippen molar-refractivity contribution in [2.24, 2.45) is 0 Å². The van der Waals surface area contributed by atoms with Crippen LogP contribution in [0.3, 0.4) is 0 Å². The molecule has 0 aliphatic heterocycles. The van der Waals surface area contributed by atoms with Crippen LogP contribution in [0.25, 0.3) is 0 Å².